The van der Waals surface area contributed by atoms with Gasteiger partial charge in [-0.3, -0.25) is 9.10 Å². The van der Waals surface area contributed by atoms with Gasteiger partial charge in [-0.05, 0) is 30.3 Å². The van der Waals surface area contributed by atoms with E-state index in [1.54, 1.807) is 24.3 Å². The molecular weight excluding hydrogens is 420 g/mol. The zero-order chi connectivity index (χ0) is 21.0. The Morgan fingerprint density at radius 1 is 1.28 bits per heavy atom. The Morgan fingerprint density at radius 3 is 2.69 bits per heavy atom. The van der Waals surface area contributed by atoms with Crippen LogP contribution in [0, 0.1) is 0 Å². The lowest BCUT2D eigenvalue weighted by molar-refractivity contribution is -0.120. The third kappa shape index (κ3) is 5.24. The summed E-state index contributed by atoms with van der Waals surface area (Å²) in [7, 11) is -2.36. The second-order valence-corrected chi connectivity index (χ2v) is 8.73. The topological polar surface area (TPSA) is 94.2 Å². The Kier molecular flexibility index (Phi) is 6.39. The van der Waals surface area contributed by atoms with E-state index in [0.717, 1.165) is 10.6 Å². The molecule has 0 aliphatic carbocycles. The minimum Gasteiger partial charge on any atom is -0.495 e. The first kappa shape index (κ1) is 21.1. The summed E-state index contributed by atoms with van der Waals surface area (Å²) in [6.07, 6.45) is 0.622. The van der Waals surface area contributed by atoms with E-state index in [9.17, 15) is 13.2 Å². The minimum atomic E-state index is -3.77. The molecule has 1 atom stereocenters. The van der Waals surface area contributed by atoms with Crippen molar-refractivity contribution in [3.05, 3.63) is 47.5 Å². The first-order chi connectivity index (χ1) is 13.8. The molecule has 8 nitrogen and oxygen atoms in total. The number of amides is 1. The smallest absolute Gasteiger partial charge is 0.240 e. The van der Waals surface area contributed by atoms with E-state index >= 15 is 0 Å². The number of nitrogens with one attached hydrogen (secondary N) is 1. The largest absolute Gasteiger partial charge is 0.495 e. The molecule has 0 saturated carbocycles. The number of hydrogen-bond donors (Lipinski definition) is 1. The molecule has 156 valence electrons. The molecule has 10 heteroatoms. The number of carbonyl (C=O) groups is 1. The highest BCUT2D eigenvalue weighted by molar-refractivity contribution is 7.92. The first-order valence-electron chi connectivity index (χ1n) is 8.74. The number of rotatable bonds is 7. The second kappa shape index (κ2) is 8.79. The van der Waals surface area contributed by atoms with Crippen molar-refractivity contribution in [2.75, 3.05) is 37.4 Å². The molecule has 0 radical (unpaired) electrons. The van der Waals surface area contributed by atoms with Crippen LogP contribution >= 0.6 is 11.6 Å². The number of hydrogen-bond acceptors (Lipinski definition) is 6. The number of anilines is 1. The fourth-order valence-corrected chi connectivity index (χ4v) is 3.83. The summed E-state index contributed by atoms with van der Waals surface area (Å²) in [5.41, 5.74) is 0.184. The molecule has 29 heavy (non-hydrogen) atoms. The van der Waals surface area contributed by atoms with Gasteiger partial charge in [0.15, 0.2) is 11.5 Å². The minimum absolute atomic E-state index is 0.164. The Morgan fingerprint density at radius 2 is 2.00 bits per heavy atom. The number of carbonyl (C=O) groups excluding carboxylic acids is 1. The van der Waals surface area contributed by atoms with Crippen LogP contribution in [0.2, 0.25) is 5.02 Å². The average molecular weight is 441 g/mol. The van der Waals surface area contributed by atoms with Gasteiger partial charge in [-0.15, -0.1) is 0 Å². The van der Waals surface area contributed by atoms with E-state index in [1.165, 1.54) is 13.2 Å². The zero-order valence-corrected chi connectivity index (χ0v) is 17.5. The molecule has 1 aliphatic rings. The highest BCUT2D eigenvalue weighted by atomic mass is 35.5. The van der Waals surface area contributed by atoms with E-state index in [-0.39, 0.29) is 30.7 Å². The van der Waals surface area contributed by atoms with E-state index in [4.69, 9.17) is 25.8 Å². The lowest BCUT2D eigenvalue weighted by atomic mass is 10.2. The third-order valence-corrected chi connectivity index (χ3v) is 5.55. The predicted octanol–water partition coefficient (Wildman–Crippen LogP) is 2.07. The lowest BCUT2D eigenvalue weighted by Crippen LogP contribution is -2.45. The Labute approximate surface area is 174 Å². The van der Waals surface area contributed by atoms with Gasteiger partial charge in [0.25, 0.3) is 0 Å². The van der Waals surface area contributed by atoms with Crippen LogP contribution in [0.3, 0.4) is 0 Å². The van der Waals surface area contributed by atoms with Crippen LogP contribution in [0.5, 0.6) is 17.2 Å². The van der Waals surface area contributed by atoms with Crippen molar-refractivity contribution in [1.82, 2.24) is 5.32 Å². The molecule has 0 unspecified atom stereocenters. The van der Waals surface area contributed by atoms with E-state index in [0.29, 0.717) is 16.5 Å². The number of nitrogens with zero attached hydrogens (tertiary/aromatic N) is 1. The maximum absolute atomic E-state index is 12.5. The van der Waals surface area contributed by atoms with Crippen molar-refractivity contribution in [3.63, 3.8) is 0 Å². The Hall–Kier alpha value is -2.65. The van der Waals surface area contributed by atoms with Gasteiger partial charge in [0, 0.05) is 5.02 Å². The number of fused-ring (bicyclic) bond motifs is 1. The van der Waals surface area contributed by atoms with Crippen LogP contribution in [0.15, 0.2) is 42.5 Å². The quantitative estimate of drug-likeness (QED) is 0.708. The van der Waals surface area contributed by atoms with E-state index in [2.05, 4.69) is 5.32 Å². The molecule has 3 rings (SSSR count). The fourth-order valence-electron chi connectivity index (χ4n) is 2.82. The fraction of sp³-hybridized carbons (Fsp3) is 0.316. The molecule has 0 saturated heterocycles. The van der Waals surface area contributed by atoms with Gasteiger partial charge in [-0.25, -0.2) is 8.42 Å². The highest BCUT2D eigenvalue weighted by Crippen LogP contribution is 2.33. The van der Waals surface area contributed by atoms with Gasteiger partial charge >= 0.3 is 0 Å². The number of ether oxygens (including phenoxy) is 3. The standard InChI is InChI=1S/C19H21ClN2O6S/c1-26-16-8-7-13(20)9-15(16)22(29(2,24)25)11-19(23)21-10-14-12-27-17-5-3-4-6-18(17)28-14/h3-9,14H,10-12H2,1-2H3,(H,21,23)/t14-/m0/s1. The number of halogens is 1. The average Bonchev–Trinajstić information content (AvgIpc) is 2.69. The molecule has 0 fully saturated rings. The Bertz CT molecular complexity index is 998. The van der Waals surface area contributed by atoms with Crippen molar-refractivity contribution in [1.29, 1.82) is 0 Å². The van der Waals surface area contributed by atoms with Gasteiger partial charge in [-0.1, -0.05) is 23.7 Å². The van der Waals surface area contributed by atoms with Crippen molar-refractivity contribution in [2.45, 2.75) is 6.10 Å². The molecule has 2 aromatic carbocycles. The summed E-state index contributed by atoms with van der Waals surface area (Å²) in [6.45, 7) is 0.00630. The molecular formula is C19H21ClN2O6S. The molecule has 1 amide bonds. The number of methoxy groups -OCH3 is 1. The molecule has 2 aromatic rings. The van der Waals surface area contributed by atoms with Crippen LogP contribution in [-0.4, -0.2) is 53.5 Å². The van der Waals surface area contributed by atoms with Gasteiger partial charge in [0.1, 0.15) is 25.0 Å². The van der Waals surface area contributed by atoms with Gasteiger partial charge in [0.05, 0.1) is 25.6 Å². The first-order valence-corrected chi connectivity index (χ1v) is 11.0. The molecule has 1 heterocycles. The van der Waals surface area contributed by atoms with Crippen LogP contribution in [0.4, 0.5) is 5.69 Å². The summed E-state index contributed by atoms with van der Waals surface area (Å²) in [4.78, 5) is 12.5. The van der Waals surface area contributed by atoms with Crippen LogP contribution in [0.25, 0.3) is 0 Å². The van der Waals surface area contributed by atoms with Crippen LogP contribution in [-0.2, 0) is 14.8 Å². The summed E-state index contributed by atoms with van der Waals surface area (Å²) < 4.78 is 42.1. The number of sulfonamides is 1. The summed E-state index contributed by atoms with van der Waals surface area (Å²) in [6, 6.07) is 11.8. The van der Waals surface area contributed by atoms with Crippen molar-refractivity contribution < 1.29 is 27.4 Å². The van der Waals surface area contributed by atoms with Crippen LogP contribution in [0.1, 0.15) is 0 Å². The summed E-state index contributed by atoms with van der Waals surface area (Å²) in [5.74, 6) is 1.03. The van der Waals surface area contributed by atoms with E-state index in [1.807, 2.05) is 12.1 Å². The number of para-hydroxylation sites is 2. The predicted molar refractivity (Wildman–Crippen MR) is 110 cm³/mol. The van der Waals surface area contributed by atoms with E-state index < -0.39 is 22.5 Å². The second-order valence-electron chi connectivity index (χ2n) is 6.39. The lowest BCUT2D eigenvalue weighted by Gasteiger charge is -2.27. The van der Waals surface area contributed by atoms with Gasteiger partial charge in [0.2, 0.25) is 15.9 Å². The monoisotopic (exact) mass is 440 g/mol. The van der Waals surface area contributed by atoms with Crippen LogP contribution < -0.4 is 23.8 Å². The molecule has 1 aliphatic heterocycles. The van der Waals surface area contributed by atoms with Gasteiger partial charge in [-0.2, -0.15) is 0 Å². The van der Waals surface area contributed by atoms with Crippen molar-refractivity contribution in [3.8, 4) is 17.2 Å². The SMILES string of the molecule is COc1ccc(Cl)cc1N(CC(=O)NC[C@H]1COc2ccccc2O1)S(C)(=O)=O. The normalized spacial score (nSPS) is 15.5. The van der Waals surface area contributed by atoms with Gasteiger partial charge < -0.3 is 19.5 Å². The highest BCUT2D eigenvalue weighted by Gasteiger charge is 2.26. The molecule has 0 spiro atoms. The molecule has 0 aromatic heterocycles. The van der Waals surface area contributed by atoms with Crippen molar-refractivity contribution >= 4 is 33.2 Å². The Balaban J connectivity index is 1.67. The molecule has 0 bridgehead atoms. The summed E-state index contributed by atoms with van der Waals surface area (Å²) in [5, 5.41) is 3.00. The number of benzene rings is 2. The summed E-state index contributed by atoms with van der Waals surface area (Å²) >= 11 is 6.00. The maximum Gasteiger partial charge on any atom is 0.240 e. The van der Waals surface area contributed by atoms with Crippen molar-refractivity contribution in [2.24, 2.45) is 0 Å². The zero-order valence-electron chi connectivity index (χ0n) is 15.9. The molecule has 1 N–H and O–H groups in total. The third-order valence-electron chi connectivity index (χ3n) is 4.19. The maximum atomic E-state index is 12.5.